The van der Waals surface area contributed by atoms with Gasteiger partial charge in [-0.1, -0.05) is 37.5 Å². The van der Waals surface area contributed by atoms with Gasteiger partial charge in [-0.05, 0) is 24.8 Å². The summed E-state index contributed by atoms with van der Waals surface area (Å²) in [6.07, 6.45) is 6.49. The van der Waals surface area contributed by atoms with E-state index >= 15 is 0 Å². The Hall–Kier alpha value is -2.17. The molecule has 0 radical (unpaired) electrons. The van der Waals surface area contributed by atoms with Crippen LogP contribution in [0.3, 0.4) is 0 Å². The molecule has 23 heavy (non-hydrogen) atoms. The Kier molecular flexibility index (Phi) is 4.74. The van der Waals surface area contributed by atoms with Gasteiger partial charge in [0.2, 0.25) is 5.91 Å². The lowest BCUT2D eigenvalue weighted by atomic mass is 9.89. The van der Waals surface area contributed by atoms with Crippen molar-refractivity contribution in [2.45, 2.75) is 38.5 Å². The van der Waals surface area contributed by atoms with Gasteiger partial charge in [-0.15, -0.1) is 0 Å². The largest absolute Gasteiger partial charge is 0.355 e. The van der Waals surface area contributed by atoms with Gasteiger partial charge in [0.1, 0.15) is 0 Å². The summed E-state index contributed by atoms with van der Waals surface area (Å²) < 4.78 is 1.31. The van der Waals surface area contributed by atoms with Crippen LogP contribution < -0.4 is 10.9 Å². The molecule has 1 fully saturated rings. The Morgan fingerprint density at radius 1 is 1.22 bits per heavy atom. The monoisotopic (exact) mass is 313 g/mol. The smallest absolute Gasteiger partial charge is 0.274 e. The fraction of sp³-hybridized carbons (Fsp3) is 0.500. The van der Waals surface area contributed by atoms with E-state index < -0.39 is 0 Å². The van der Waals surface area contributed by atoms with Crippen molar-refractivity contribution in [3.05, 3.63) is 40.3 Å². The summed E-state index contributed by atoms with van der Waals surface area (Å²) in [6.45, 7) is 0.753. The van der Waals surface area contributed by atoms with Gasteiger partial charge in [0.05, 0.1) is 17.5 Å². The van der Waals surface area contributed by atoms with Crippen molar-refractivity contribution in [2.75, 3.05) is 6.54 Å². The van der Waals surface area contributed by atoms with Crippen LogP contribution >= 0.6 is 0 Å². The van der Waals surface area contributed by atoms with Gasteiger partial charge in [-0.2, -0.15) is 5.10 Å². The third-order valence-corrected chi connectivity index (χ3v) is 4.67. The van der Waals surface area contributed by atoms with E-state index in [4.69, 9.17) is 0 Å². The highest BCUT2D eigenvalue weighted by Gasteiger charge is 2.16. The predicted octanol–water partition coefficient (Wildman–Crippen LogP) is 2.17. The summed E-state index contributed by atoms with van der Waals surface area (Å²) in [5.74, 6) is 0.587. The molecule has 0 aliphatic heterocycles. The lowest BCUT2D eigenvalue weighted by molar-refractivity contribution is -0.120. The highest BCUT2D eigenvalue weighted by Crippen LogP contribution is 2.22. The molecule has 1 aliphatic rings. The second-order valence-electron chi connectivity index (χ2n) is 6.41. The van der Waals surface area contributed by atoms with E-state index in [2.05, 4.69) is 10.4 Å². The number of nitrogens with zero attached hydrogens (tertiary/aromatic N) is 2. The molecular formula is C18H23N3O2. The highest BCUT2D eigenvalue weighted by atomic mass is 16.1. The van der Waals surface area contributed by atoms with Gasteiger partial charge in [-0.3, -0.25) is 9.59 Å². The molecule has 0 atom stereocenters. The van der Waals surface area contributed by atoms with Crippen molar-refractivity contribution in [3.8, 4) is 0 Å². The first-order valence-corrected chi connectivity index (χ1v) is 8.37. The van der Waals surface area contributed by atoms with Gasteiger partial charge in [0, 0.05) is 19.0 Å². The first-order chi connectivity index (χ1) is 11.1. The van der Waals surface area contributed by atoms with Crippen molar-refractivity contribution >= 4 is 16.7 Å². The highest BCUT2D eigenvalue weighted by molar-refractivity contribution is 5.88. The second-order valence-corrected chi connectivity index (χ2v) is 6.41. The van der Waals surface area contributed by atoms with E-state index in [1.807, 2.05) is 18.2 Å². The molecule has 5 heteroatoms. The Labute approximate surface area is 135 Å². The Morgan fingerprint density at radius 2 is 1.91 bits per heavy atom. The van der Waals surface area contributed by atoms with Crippen LogP contribution in [-0.2, 0) is 18.3 Å². The number of carbonyl (C=O) groups is 1. The number of rotatable bonds is 4. The van der Waals surface area contributed by atoms with Gasteiger partial charge in [0.15, 0.2) is 0 Å². The molecule has 1 saturated carbocycles. The minimum atomic E-state index is -0.132. The maximum atomic E-state index is 12.3. The summed E-state index contributed by atoms with van der Waals surface area (Å²) >= 11 is 0. The van der Waals surface area contributed by atoms with E-state index in [0.717, 1.165) is 11.9 Å². The van der Waals surface area contributed by atoms with Crippen LogP contribution in [0.4, 0.5) is 0 Å². The maximum absolute atomic E-state index is 12.3. The molecule has 0 unspecified atom stereocenters. The Morgan fingerprint density at radius 3 is 2.65 bits per heavy atom. The summed E-state index contributed by atoms with van der Waals surface area (Å²) in [4.78, 5) is 24.4. The first-order valence-electron chi connectivity index (χ1n) is 8.37. The molecule has 1 heterocycles. The third kappa shape index (κ3) is 3.60. The van der Waals surface area contributed by atoms with Crippen molar-refractivity contribution in [1.29, 1.82) is 0 Å². The maximum Gasteiger partial charge on any atom is 0.274 e. The molecular weight excluding hydrogens is 290 g/mol. The average Bonchev–Trinajstić information content (AvgIpc) is 2.58. The lowest BCUT2D eigenvalue weighted by Gasteiger charge is -2.21. The van der Waals surface area contributed by atoms with Gasteiger partial charge < -0.3 is 5.32 Å². The molecule has 0 saturated heterocycles. The summed E-state index contributed by atoms with van der Waals surface area (Å²) in [6, 6.07) is 7.33. The van der Waals surface area contributed by atoms with Crippen LogP contribution in [0.25, 0.3) is 10.8 Å². The van der Waals surface area contributed by atoms with E-state index in [1.165, 1.54) is 36.8 Å². The number of amides is 1. The summed E-state index contributed by atoms with van der Waals surface area (Å²) in [7, 11) is 1.62. The fourth-order valence-corrected chi connectivity index (χ4v) is 3.37. The topological polar surface area (TPSA) is 64.0 Å². The molecule has 0 bridgehead atoms. The minimum Gasteiger partial charge on any atom is -0.355 e. The number of aryl methyl sites for hydroxylation is 1. The van der Waals surface area contributed by atoms with Gasteiger partial charge in [-0.25, -0.2) is 4.68 Å². The zero-order valence-corrected chi connectivity index (χ0v) is 13.5. The van der Waals surface area contributed by atoms with Crippen molar-refractivity contribution in [3.63, 3.8) is 0 Å². The third-order valence-electron chi connectivity index (χ3n) is 4.67. The molecule has 1 aromatic heterocycles. The number of nitrogens with one attached hydrogen (secondary N) is 1. The SMILES string of the molecule is Cn1nc(CC(=O)NCC2CCCCC2)c2ccccc2c1=O. The average molecular weight is 313 g/mol. The lowest BCUT2D eigenvalue weighted by Crippen LogP contribution is -2.32. The fourth-order valence-electron chi connectivity index (χ4n) is 3.37. The van der Waals surface area contributed by atoms with E-state index in [-0.39, 0.29) is 17.9 Å². The molecule has 122 valence electrons. The van der Waals surface area contributed by atoms with Crippen LogP contribution in [0.2, 0.25) is 0 Å². The Balaban J connectivity index is 1.72. The van der Waals surface area contributed by atoms with Gasteiger partial charge in [0.25, 0.3) is 5.56 Å². The zero-order chi connectivity index (χ0) is 16.2. The molecule has 1 aromatic carbocycles. The van der Waals surface area contributed by atoms with Crippen LogP contribution in [0.1, 0.15) is 37.8 Å². The van der Waals surface area contributed by atoms with E-state index in [9.17, 15) is 9.59 Å². The quantitative estimate of drug-likeness (QED) is 0.941. The predicted molar refractivity (Wildman–Crippen MR) is 90.3 cm³/mol. The first kappa shape index (κ1) is 15.7. The Bertz CT molecular complexity index is 760. The number of aromatic nitrogens is 2. The van der Waals surface area contributed by atoms with Crippen LogP contribution in [0.15, 0.2) is 29.1 Å². The number of hydrogen-bond donors (Lipinski definition) is 1. The molecule has 0 spiro atoms. The number of carbonyl (C=O) groups excluding carboxylic acids is 1. The summed E-state index contributed by atoms with van der Waals surface area (Å²) in [5, 5.41) is 8.69. The van der Waals surface area contributed by atoms with Crippen molar-refractivity contribution in [2.24, 2.45) is 13.0 Å². The molecule has 3 rings (SSSR count). The molecule has 1 amide bonds. The van der Waals surface area contributed by atoms with E-state index in [0.29, 0.717) is 17.0 Å². The number of fused-ring (bicyclic) bond motifs is 1. The second kappa shape index (κ2) is 6.94. The van der Waals surface area contributed by atoms with Crippen molar-refractivity contribution in [1.82, 2.24) is 15.1 Å². The molecule has 2 aromatic rings. The normalized spacial score (nSPS) is 15.7. The molecule has 5 nitrogen and oxygen atoms in total. The number of hydrogen-bond acceptors (Lipinski definition) is 3. The summed E-state index contributed by atoms with van der Waals surface area (Å²) in [5.41, 5.74) is 0.524. The number of benzene rings is 1. The van der Waals surface area contributed by atoms with E-state index in [1.54, 1.807) is 13.1 Å². The van der Waals surface area contributed by atoms with Crippen LogP contribution in [0.5, 0.6) is 0 Å². The van der Waals surface area contributed by atoms with Crippen LogP contribution in [-0.4, -0.2) is 22.2 Å². The molecule has 1 N–H and O–H groups in total. The zero-order valence-electron chi connectivity index (χ0n) is 13.5. The molecule has 1 aliphatic carbocycles. The van der Waals surface area contributed by atoms with Crippen molar-refractivity contribution < 1.29 is 4.79 Å². The minimum absolute atomic E-state index is 0.0214. The van der Waals surface area contributed by atoms with Gasteiger partial charge >= 0.3 is 0 Å². The standard InChI is InChI=1S/C18H23N3O2/c1-21-18(23)15-10-6-5-9-14(15)16(20-21)11-17(22)19-12-13-7-3-2-4-8-13/h5-6,9-10,13H,2-4,7-8,11-12H2,1H3,(H,19,22). The van der Waals surface area contributed by atoms with Crippen LogP contribution in [0, 0.1) is 5.92 Å².